The summed E-state index contributed by atoms with van der Waals surface area (Å²) in [5.41, 5.74) is 5.87. The van der Waals surface area contributed by atoms with Crippen LogP contribution in [-0.2, 0) is 77.4 Å². The van der Waals surface area contributed by atoms with Crippen molar-refractivity contribution >= 4 is 5.91 Å². The predicted molar refractivity (Wildman–Crippen MR) is 345 cm³/mol. The molecule has 1 amide bonds. The summed E-state index contributed by atoms with van der Waals surface area (Å²) in [6.45, 7) is 3.56. The highest BCUT2D eigenvalue weighted by Crippen LogP contribution is 2.32. The molecule has 10 heteroatoms. The van der Waals surface area contributed by atoms with E-state index in [1.165, 1.54) is 103 Å². The Labute approximate surface area is 516 Å². The molecule has 0 bridgehead atoms. The minimum Gasteiger partial charge on any atom is -0.378 e. The zero-order valence-electron chi connectivity index (χ0n) is 51.5. The predicted octanol–water partition coefficient (Wildman–Crippen LogP) is 16.2. The maximum atomic E-state index is 14.4. The topological polar surface area (TPSA) is 114 Å². The van der Waals surface area contributed by atoms with E-state index in [2.05, 4.69) is 24.1 Å². The molecule has 1 heterocycles. The number of nitrogens with one attached hydrogen (secondary N) is 1. The molecule has 7 rings (SSSR count). The summed E-state index contributed by atoms with van der Waals surface area (Å²) in [4.78, 5) is 14.4. The number of unbranched alkanes of at least 4 members (excludes halogenated alkanes) is 18. The fraction of sp³-hybridized carbons (Fsp3) is 0.487. The number of carbonyl (C=O) groups excluding carboxylic acids is 1. The second kappa shape index (κ2) is 42.0. The van der Waals surface area contributed by atoms with E-state index in [9.17, 15) is 9.90 Å². The highest BCUT2D eigenvalue weighted by molar-refractivity contribution is 5.76. The average molecular weight is 1170 g/mol. The lowest BCUT2D eigenvalue weighted by Gasteiger charge is -2.46. The van der Waals surface area contributed by atoms with Crippen LogP contribution in [0.25, 0.3) is 0 Å². The van der Waals surface area contributed by atoms with Crippen molar-refractivity contribution < 1.29 is 43.1 Å². The van der Waals surface area contributed by atoms with Crippen LogP contribution in [0.5, 0.6) is 0 Å². The number of carbonyl (C=O) groups is 1. The van der Waals surface area contributed by atoms with Crippen LogP contribution < -0.4 is 5.32 Å². The molecule has 462 valence electrons. The lowest BCUT2D eigenvalue weighted by Crippen LogP contribution is -2.62. The van der Waals surface area contributed by atoms with Gasteiger partial charge in [-0.1, -0.05) is 316 Å². The van der Waals surface area contributed by atoms with Crippen LogP contribution in [0.3, 0.4) is 0 Å². The van der Waals surface area contributed by atoms with Crippen LogP contribution >= 0.6 is 0 Å². The van der Waals surface area contributed by atoms with Gasteiger partial charge in [0.1, 0.15) is 36.6 Å². The van der Waals surface area contributed by atoms with E-state index < -0.39 is 49.0 Å². The largest absolute Gasteiger partial charge is 0.378 e. The van der Waals surface area contributed by atoms with E-state index >= 15 is 0 Å². The first-order valence-electron chi connectivity index (χ1n) is 32.5. The summed E-state index contributed by atoms with van der Waals surface area (Å²) in [6, 6.07) is 59.0. The molecule has 8 atom stereocenters. The number of hydrogen-bond donors (Lipinski definition) is 2. The van der Waals surface area contributed by atoms with E-state index in [4.69, 9.17) is 33.2 Å². The summed E-state index contributed by atoms with van der Waals surface area (Å²) in [7, 11) is 0. The molecular formula is C76H99NO9. The van der Waals surface area contributed by atoms with E-state index in [-0.39, 0.29) is 45.5 Å². The van der Waals surface area contributed by atoms with Crippen molar-refractivity contribution in [2.24, 2.45) is 0 Å². The molecule has 0 radical (unpaired) electrons. The third kappa shape index (κ3) is 26.6. The van der Waals surface area contributed by atoms with Gasteiger partial charge >= 0.3 is 0 Å². The van der Waals surface area contributed by atoms with Gasteiger partial charge in [0.15, 0.2) is 6.29 Å². The van der Waals surface area contributed by atoms with Crippen molar-refractivity contribution in [3.63, 3.8) is 0 Å². The molecule has 2 N–H and O–H groups in total. The Morgan fingerprint density at radius 2 is 0.849 bits per heavy atom. The first-order chi connectivity index (χ1) is 42.5. The molecule has 86 heavy (non-hydrogen) atoms. The molecule has 1 saturated heterocycles. The summed E-state index contributed by atoms with van der Waals surface area (Å²) in [5.74, 6) is 6.14. The van der Waals surface area contributed by atoms with Gasteiger partial charge in [0.2, 0.25) is 5.91 Å². The van der Waals surface area contributed by atoms with Crippen molar-refractivity contribution in [1.29, 1.82) is 0 Å². The monoisotopic (exact) mass is 1170 g/mol. The summed E-state index contributed by atoms with van der Waals surface area (Å²) in [6.07, 6.45) is 18.7. The lowest BCUT2D eigenvalue weighted by molar-refractivity contribution is -0.330. The highest BCUT2D eigenvalue weighted by atomic mass is 16.7. The number of aliphatic hydroxyl groups excluding tert-OH is 1. The van der Waals surface area contributed by atoms with Crippen LogP contribution in [-0.4, -0.2) is 73.2 Å². The molecule has 0 saturated carbocycles. The average Bonchev–Trinajstić information content (AvgIpc) is 2.42. The Bertz CT molecular complexity index is 2690. The van der Waals surface area contributed by atoms with Gasteiger partial charge in [0, 0.05) is 12.8 Å². The van der Waals surface area contributed by atoms with Gasteiger partial charge in [-0.15, -0.1) is 0 Å². The molecule has 1 aliphatic rings. The summed E-state index contributed by atoms with van der Waals surface area (Å²) < 4.78 is 48.3. The zero-order valence-corrected chi connectivity index (χ0v) is 51.5. The number of hydrogen-bond acceptors (Lipinski definition) is 9. The second-order valence-corrected chi connectivity index (χ2v) is 23.1. The minimum atomic E-state index is -1.31. The number of aliphatic hydroxyl groups is 1. The number of rotatable bonds is 43. The Balaban J connectivity index is 1.08. The Morgan fingerprint density at radius 3 is 1.30 bits per heavy atom. The fourth-order valence-corrected chi connectivity index (χ4v) is 11.1. The van der Waals surface area contributed by atoms with Gasteiger partial charge in [-0.25, -0.2) is 0 Å². The molecule has 6 aromatic rings. The molecule has 0 unspecified atom stereocenters. The molecular weight excluding hydrogens is 1070 g/mol. The van der Waals surface area contributed by atoms with Crippen molar-refractivity contribution in [2.75, 3.05) is 13.2 Å². The van der Waals surface area contributed by atoms with Crippen molar-refractivity contribution in [1.82, 2.24) is 5.32 Å². The smallest absolute Gasteiger partial charge is 0.220 e. The molecule has 0 aromatic heterocycles. The maximum Gasteiger partial charge on any atom is 0.220 e. The molecule has 0 spiro atoms. The Kier molecular flexibility index (Phi) is 33.0. The van der Waals surface area contributed by atoms with Gasteiger partial charge in [0.05, 0.1) is 52.3 Å². The van der Waals surface area contributed by atoms with Gasteiger partial charge in [0.25, 0.3) is 0 Å². The Morgan fingerprint density at radius 1 is 0.465 bits per heavy atom. The number of benzene rings is 6. The van der Waals surface area contributed by atoms with Crippen LogP contribution in [0, 0.1) is 11.8 Å². The summed E-state index contributed by atoms with van der Waals surface area (Å²) >= 11 is 0. The Hall–Kier alpha value is -5.97. The quantitative estimate of drug-likeness (QED) is 0.0285. The van der Waals surface area contributed by atoms with Crippen molar-refractivity contribution in [3.8, 4) is 11.8 Å². The van der Waals surface area contributed by atoms with E-state index in [1.807, 2.05) is 182 Å². The highest BCUT2D eigenvalue weighted by Gasteiger charge is 2.49. The standard InChI is InChI=1S/C76H99NO9/c1-2-3-4-5-6-7-8-9-10-11-12-13-14-15-16-17-18-19-38-54-71(79)77-68(72(81-56-64-44-30-22-31-45-64)69(78)53-39-52-62-40-26-20-27-41-62)60-85-76-75(84-59-67-50-36-25-37-51-67)74(83-58-66-48-34-24-35-49-66)73(82-57-65-46-32-23-33-47-65)70(86-76)61-80-55-63-42-28-21-29-43-63/h20-37,40-51,68-70,72-76,78H,2-19,38,52,54-61H2,1H3,(H,77,79)/t68-,69+,70+,72-,73-,74-,75+,76-/m0/s1. The van der Waals surface area contributed by atoms with E-state index in [0.717, 1.165) is 52.6 Å². The van der Waals surface area contributed by atoms with Crippen LogP contribution in [0.2, 0.25) is 0 Å². The zero-order chi connectivity index (χ0) is 59.7. The lowest BCUT2D eigenvalue weighted by atomic mass is 9.97. The normalized spacial score (nSPS) is 17.7. The van der Waals surface area contributed by atoms with Crippen LogP contribution in [0.1, 0.15) is 169 Å². The number of amides is 1. The maximum absolute atomic E-state index is 14.4. The molecule has 10 nitrogen and oxygen atoms in total. The van der Waals surface area contributed by atoms with Crippen LogP contribution in [0.15, 0.2) is 182 Å². The third-order valence-electron chi connectivity index (χ3n) is 16.0. The minimum absolute atomic E-state index is 0.129. The summed E-state index contributed by atoms with van der Waals surface area (Å²) in [5, 5.41) is 15.5. The van der Waals surface area contributed by atoms with Gasteiger partial charge < -0.3 is 43.6 Å². The molecule has 0 aliphatic carbocycles. The van der Waals surface area contributed by atoms with Gasteiger partial charge in [-0.2, -0.15) is 0 Å². The molecule has 6 aromatic carbocycles. The second-order valence-electron chi connectivity index (χ2n) is 23.1. The number of ether oxygens (including phenoxy) is 7. The first kappa shape index (κ1) is 67.5. The fourth-order valence-electron chi connectivity index (χ4n) is 11.1. The SMILES string of the molecule is CCCCCCCCCCCCCCCCCCCCCC(=O)N[C@@H](CO[C@H]1O[C@H](COCc2ccccc2)[C@H](OCc2ccccc2)[C@H](OCc2ccccc2)[C@H]1OCc1ccccc1)[C@H](OCc1ccccc1)[C@H](O)C#CCc1ccccc1. The third-order valence-corrected chi connectivity index (χ3v) is 16.0. The van der Waals surface area contributed by atoms with E-state index in [1.54, 1.807) is 0 Å². The van der Waals surface area contributed by atoms with Crippen LogP contribution in [0.4, 0.5) is 0 Å². The van der Waals surface area contributed by atoms with Gasteiger partial charge in [-0.3, -0.25) is 4.79 Å². The first-order valence-corrected chi connectivity index (χ1v) is 32.5. The van der Waals surface area contributed by atoms with Gasteiger partial charge in [-0.05, 0) is 39.8 Å². The van der Waals surface area contributed by atoms with Crippen molar-refractivity contribution in [2.45, 2.75) is 224 Å². The van der Waals surface area contributed by atoms with E-state index in [0.29, 0.717) is 19.4 Å². The molecule has 1 aliphatic heterocycles. The molecule has 1 fully saturated rings. The van der Waals surface area contributed by atoms with Crippen molar-refractivity contribution in [3.05, 3.63) is 215 Å².